The van der Waals surface area contributed by atoms with Crippen molar-refractivity contribution in [1.29, 1.82) is 0 Å². The predicted octanol–water partition coefficient (Wildman–Crippen LogP) is 4.25. The zero-order chi connectivity index (χ0) is 21.9. The van der Waals surface area contributed by atoms with Crippen molar-refractivity contribution >= 4 is 17.5 Å². The van der Waals surface area contributed by atoms with Crippen LogP contribution in [0.2, 0.25) is 0 Å². The van der Waals surface area contributed by atoms with E-state index >= 15 is 0 Å². The zero-order valence-corrected chi connectivity index (χ0v) is 17.9. The molecule has 31 heavy (non-hydrogen) atoms. The number of aromatic hydroxyl groups is 1. The lowest BCUT2D eigenvalue weighted by Crippen LogP contribution is -2.54. The average molecular weight is 437 g/mol. The second-order valence-corrected chi connectivity index (χ2v) is 9.62. The molecule has 0 fully saturated rings. The van der Waals surface area contributed by atoms with Crippen LogP contribution in [0.4, 0.5) is 4.39 Å². The van der Waals surface area contributed by atoms with Gasteiger partial charge in [0.1, 0.15) is 5.82 Å². The van der Waals surface area contributed by atoms with Crippen LogP contribution in [0.15, 0.2) is 64.4 Å². The summed E-state index contributed by atoms with van der Waals surface area (Å²) >= 11 is 1.58. The van der Waals surface area contributed by atoms with Crippen LogP contribution in [-0.4, -0.2) is 22.1 Å². The van der Waals surface area contributed by atoms with Gasteiger partial charge in [0.25, 0.3) is 0 Å². The van der Waals surface area contributed by atoms with E-state index in [4.69, 9.17) is 0 Å². The van der Waals surface area contributed by atoms with Gasteiger partial charge in [-0.05, 0) is 28.8 Å². The first kappa shape index (κ1) is 19.9. The second kappa shape index (κ2) is 6.99. The van der Waals surface area contributed by atoms with Gasteiger partial charge in [0.15, 0.2) is 17.2 Å². The molecule has 1 aromatic heterocycles. The molecule has 0 saturated heterocycles. The summed E-state index contributed by atoms with van der Waals surface area (Å²) in [6.07, 6.45) is 1.54. The number of carbonyl (C=O) groups is 1. The number of nitrogens with zero attached hydrogens (tertiary/aromatic N) is 2. The van der Waals surface area contributed by atoms with E-state index in [0.717, 1.165) is 21.6 Å². The molecule has 2 aliphatic rings. The summed E-state index contributed by atoms with van der Waals surface area (Å²) in [5.74, 6) is -0.427. The molecule has 0 spiro atoms. The number of fused-ring (bicyclic) bond motifs is 3. The lowest BCUT2D eigenvalue weighted by molar-refractivity contribution is 0.0786. The molecule has 1 N–H and O–H groups in total. The summed E-state index contributed by atoms with van der Waals surface area (Å²) in [4.78, 5) is 26.1. The van der Waals surface area contributed by atoms with Crippen LogP contribution < -0.4 is 10.4 Å². The van der Waals surface area contributed by atoms with Gasteiger partial charge in [-0.15, -0.1) is 11.8 Å². The highest BCUT2D eigenvalue weighted by molar-refractivity contribution is 7.98. The van der Waals surface area contributed by atoms with Crippen molar-refractivity contribution in [3.05, 3.63) is 93.2 Å². The second-order valence-electron chi connectivity index (χ2n) is 8.60. The molecule has 1 atom stereocenters. The maximum absolute atomic E-state index is 14.1. The fourth-order valence-electron chi connectivity index (χ4n) is 4.47. The Labute approximate surface area is 183 Å². The Balaban J connectivity index is 1.81. The first-order valence-electron chi connectivity index (χ1n) is 10.0. The SMILES string of the molecule is CC1(C)CN(C2c3ccccc3CSc3cc(F)ccc32)n2ccc(=O)c(O)c2C1=O. The Kier molecular flexibility index (Phi) is 4.48. The molecule has 0 bridgehead atoms. The van der Waals surface area contributed by atoms with Gasteiger partial charge >= 0.3 is 0 Å². The van der Waals surface area contributed by atoms with Gasteiger partial charge in [-0.1, -0.05) is 44.2 Å². The van der Waals surface area contributed by atoms with Crippen molar-refractivity contribution in [3.63, 3.8) is 0 Å². The Hall–Kier alpha value is -3.06. The molecule has 158 valence electrons. The number of ketones is 1. The van der Waals surface area contributed by atoms with Crippen LogP contribution in [0.5, 0.6) is 5.75 Å². The van der Waals surface area contributed by atoms with E-state index in [9.17, 15) is 19.1 Å². The molecule has 0 aliphatic carbocycles. The Bertz CT molecular complexity index is 1280. The quantitative estimate of drug-likeness (QED) is 0.618. The van der Waals surface area contributed by atoms with Gasteiger partial charge in [0.05, 0.1) is 6.04 Å². The number of hydrogen-bond donors (Lipinski definition) is 1. The maximum atomic E-state index is 14.1. The molecule has 1 unspecified atom stereocenters. The minimum Gasteiger partial charge on any atom is -0.503 e. The summed E-state index contributed by atoms with van der Waals surface area (Å²) in [6.45, 7) is 3.99. The number of benzene rings is 2. The van der Waals surface area contributed by atoms with Crippen LogP contribution in [0, 0.1) is 11.2 Å². The molecule has 5 rings (SSSR count). The highest BCUT2D eigenvalue weighted by atomic mass is 32.2. The van der Waals surface area contributed by atoms with Gasteiger partial charge in [-0.2, -0.15) is 0 Å². The normalized spacial score (nSPS) is 19.3. The number of hydrogen-bond acceptors (Lipinski definition) is 5. The third-order valence-corrected chi connectivity index (χ3v) is 7.14. The van der Waals surface area contributed by atoms with E-state index in [1.807, 2.05) is 37.1 Å². The molecular formula is C24H21FN2O3S. The van der Waals surface area contributed by atoms with E-state index < -0.39 is 16.6 Å². The van der Waals surface area contributed by atoms with Crippen LogP contribution in [0.25, 0.3) is 0 Å². The Morgan fingerprint density at radius 2 is 1.87 bits per heavy atom. The molecule has 2 aliphatic heterocycles. The van der Waals surface area contributed by atoms with Crippen LogP contribution >= 0.6 is 11.8 Å². The van der Waals surface area contributed by atoms with Crippen molar-refractivity contribution in [1.82, 2.24) is 4.68 Å². The van der Waals surface area contributed by atoms with E-state index in [0.29, 0.717) is 12.3 Å². The first-order valence-corrected chi connectivity index (χ1v) is 11.0. The molecule has 3 aromatic rings. The van der Waals surface area contributed by atoms with E-state index in [1.54, 1.807) is 28.6 Å². The fraction of sp³-hybridized carbons (Fsp3) is 0.250. The lowest BCUT2D eigenvalue weighted by atomic mass is 9.82. The maximum Gasteiger partial charge on any atom is 0.224 e. The number of carbonyl (C=O) groups excluding carboxylic acids is 1. The largest absolute Gasteiger partial charge is 0.503 e. The monoisotopic (exact) mass is 436 g/mol. The Morgan fingerprint density at radius 3 is 2.68 bits per heavy atom. The first-order chi connectivity index (χ1) is 14.8. The number of thioether (sulfide) groups is 1. The van der Waals surface area contributed by atoms with Crippen molar-refractivity contribution in [2.45, 2.75) is 30.5 Å². The fourth-order valence-corrected chi connectivity index (χ4v) is 5.58. The van der Waals surface area contributed by atoms with E-state index in [-0.39, 0.29) is 23.3 Å². The van der Waals surface area contributed by atoms with Crippen molar-refractivity contribution in [2.24, 2.45) is 5.41 Å². The molecule has 7 heteroatoms. The molecule has 0 saturated carbocycles. The molecule has 5 nitrogen and oxygen atoms in total. The van der Waals surface area contributed by atoms with Gasteiger partial charge < -0.3 is 5.11 Å². The molecule has 2 aromatic carbocycles. The minimum absolute atomic E-state index is 0.0122. The van der Waals surface area contributed by atoms with E-state index in [1.165, 1.54) is 18.3 Å². The van der Waals surface area contributed by atoms with Gasteiger partial charge in [0.2, 0.25) is 5.43 Å². The van der Waals surface area contributed by atoms with Crippen LogP contribution in [-0.2, 0) is 5.75 Å². The number of rotatable bonds is 1. The van der Waals surface area contributed by atoms with Gasteiger partial charge in [0, 0.05) is 34.9 Å². The number of halogens is 1. The standard InChI is InChI=1S/C24H21FN2O3S/c1-24(2)13-27(26-10-9-18(28)22(29)21(26)23(24)30)20-16-6-4-3-5-14(16)12-31-19-11-15(25)7-8-17(19)20/h3-11,20,29H,12-13H2,1-2H3. The van der Waals surface area contributed by atoms with E-state index in [2.05, 4.69) is 6.07 Å². The number of pyridine rings is 1. The van der Waals surface area contributed by atoms with Crippen LogP contribution in [0.1, 0.15) is 47.1 Å². The molecular weight excluding hydrogens is 415 g/mol. The lowest BCUT2D eigenvalue weighted by Gasteiger charge is -2.45. The summed E-state index contributed by atoms with van der Waals surface area (Å²) < 4.78 is 15.7. The topological polar surface area (TPSA) is 62.5 Å². The van der Waals surface area contributed by atoms with Crippen molar-refractivity contribution < 1.29 is 14.3 Å². The third-order valence-electron chi connectivity index (χ3n) is 6.02. The number of aromatic nitrogens is 1. The average Bonchev–Trinajstić information content (AvgIpc) is 2.89. The highest BCUT2D eigenvalue weighted by Gasteiger charge is 2.44. The molecule has 0 amide bonds. The predicted molar refractivity (Wildman–Crippen MR) is 118 cm³/mol. The zero-order valence-electron chi connectivity index (χ0n) is 17.1. The molecule has 0 radical (unpaired) electrons. The van der Waals surface area contributed by atoms with Gasteiger partial charge in [-0.3, -0.25) is 19.3 Å². The summed E-state index contributed by atoms with van der Waals surface area (Å²) in [6, 6.07) is 13.8. The van der Waals surface area contributed by atoms with Crippen LogP contribution in [0.3, 0.4) is 0 Å². The smallest absolute Gasteiger partial charge is 0.224 e. The van der Waals surface area contributed by atoms with Crippen molar-refractivity contribution in [3.8, 4) is 5.75 Å². The molecule has 3 heterocycles. The summed E-state index contributed by atoms with van der Waals surface area (Å²) in [7, 11) is 0. The van der Waals surface area contributed by atoms with Gasteiger partial charge in [-0.25, -0.2) is 4.39 Å². The third kappa shape index (κ3) is 3.07. The highest BCUT2D eigenvalue weighted by Crippen LogP contribution is 2.44. The minimum atomic E-state index is -0.833. The van der Waals surface area contributed by atoms with Crippen molar-refractivity contribution in [2.75, 3.05) is 11.6 Å². The Morgan fingerprint density at radius 1 is 1.10 bits per heavy atom. The number of Topliss-reactive ketones (excluding diaryl/α,β-unsaturated/α-hetero) is 1. The summed E-state index contributed by atoms with van der Waals surface area (Å²) in [5, 5.41) is 12.5. The summed E-state index contributed by atoms with van der Waals surface area (Å²) in [5.41, 5.74) is 1.66.